The van der Waals surface area contributed by atoms with Crippen LogP contribution in [0.1, 0.15) is 6.92 Å². The van der Waals surface area contributed by atoms with Crippen LogP contribution in [0.5, 0.6) is 0 Å². The van der Waals surface area contributed by atoms with E-state index in [1.54, 1.807) is 0 Å². The van der Waals surface area contributed by atoms with Gasteiger partial charge >= 0.3 is 0 Å². The van der Waals surface area contributed by atoms with Crippen molar-refractivity contribution in [1.82, 2.24) is 5.32 Å². The number of carbonyl (C=O) groups is 1. The summed E-state index contributed by atoms with van der Waals surface area (Å²) in [5, 5.41) is 8.83. The monoisotopic (exact) mass is 116 g/mol. The Morgan fingerprint density at radius 3 is 2.38 bits per heavy atom. The Morgan fingerprint density at radius 1 is 1.75 bits per heavy atom. The van der Waals surface area contributed by atoms with Crippen molar-refractivity contribution in [3.8, 4) is 0 Å². The highest BCUT2D eigenvalue weighted by molar-refractivity contribution is 5.91. The van der Waals surface area contributed by atoms with E-state index in [1.165, 1.54) is 14.0 Å². The van der Waals surface area contributed by atoms with Gasteiger partial charge in [-0.05, 0) is 0 Å². The molecule has 0 rings (SSSR count). The van der Waals surface area contributed by atoms with Gasteiger partial charge in [-0.15, -0.1) is 0 Å². The molecule has 46 valence electrons. The molecule has 0 aliphatic rings. The number of methoxy groups -OCH3 is 1. The standard InChI is InChI=1S/C4H8N2O2/c1-3(7)6-4(5)8-2/h1-2H3,(H2,5,6,7). The maximum atomic E-state index is 10.1. The number of ether oxygens (including phenoxy) is 1. The van der Waals surface area contributed by atoms with Gasteiger partial charge in [0.1, 0.15) is 0 Å². The number of amides is 1. The van der Waals surface area contributed by atoms with Gasteiger partial charge in [0, 0.05) is 6.92 Å². The Balaban J connectivity index is 3.40. The number of hydrogen-bond donors (Lipinski definition) is 2. The summed E-state index contributed by atoms with van der Waals surface area (Å²) in [5.41, 5.74) is 0. The van der Waals surface area contributed by atoms with Crippen LogP contribution in [0.4, 0.5) is 0 Å². The minimum absolute atomic E-state index is 0.225. The van der Waals surface area contributed by atoms with E-state index in [9.17, 15) is 4.79 Å². The van der Waals surface area contributed by atoms with E-state index in [1.807, 2.05) is 0 Å². The molecule has 0 spiro atoms. The SMILES string of the molecule is COC(=N)NC(C)=O. The number of hydrogen-bond acceptors (Lipinski definition) is 3. The van der Waals surface area contributed by atoms with Crippen LogP contribution in [0, 0.1) is 5.41 Å². The van der Waals surface area contributed by atoms with Crippen LogP contribution in [0.2, 0.25) is 0 Å². The lowest BCUT2D eigenvalue weighted by Crippen LogP contribution is -2.28. The summed E-state index contributed by atoms with van der Waals surface area (Å²) < 4.78 is 4.31. The highest BCUT2D eigenvalue weighted by Gasteiger charge is 1.93. The van der Waals surface area contributed by atoms with E-state index in [0.717, 1.165) is 0 Å². The van der Waals surface area contributed by atoms with Crippen molar-refractivity contribution >= 4 is 11.9 Å². The minimum Gasteiger partial charge on any atom is -0.468 e. The number of amidine groups is 1. The van der Waals surface area contributed by atoms with Crippen molar-refractivity contribution < 1.29 is 9.53 Å². The summed E-state index contributed by atoms with van der Waals surface area (Å²) in [6, 6.07) is -0.225. The van der Waals surface area contributed by atoms with Gasteiger partial charge in [0.25, 0.3) is 6.02 Å². The molecular weight excluding hydrogens is 108 g/mol. The first kappa shape index (κ1) is 6.94. The fraction of sp³-hybridized carbons (Fsp3) is 0.500. The van der Waals surface area contributed by atoms with Gasteiger partial charge in [0.2, 0.25) is 5.91 Å². The predicted octanol–water partition coefficient (Wildman–Crippen LogP) is -0.296. The molecule has 1 amide bonds. The molecule has 4 nitrogen and oxygen atoms in total. The highest BCUT2D eigenvalue weighted by atomic mass is 16.5. The Bertz CT molecular complexity index is 111. The van der Waals surface area contributed by atoms with Gasteiger partial charge < -0.3 is 4.74 Å². The molecule has 0 heterocycles. The lowest BCUT2D eigenvalue weighted by atomic mass is 10.7. The molecule has 0 fully saturated rings. The largest absolute Gasteiger partial charge is 0.468 e. The van der Waals surface area contributed by atoms with Crippen LogP contribution in [0.3, 0.4) is 0 Å². The van der Waals surface area contributed by atoms with Crippen LogP contribution in [-0.4, -0.2) is 19.0 Å². The van der Waals surface area contributed by atoms with Crippen LogP contribution in [0.25, 0.3) is 0 Å². The Morgan fingerprint density at radius 2 is 2.25 bits per heavy atom. The topological polar surface area (TPSA) is 62.2 Å². The molecule has 8 heavy (non-hydrogen) atoms. The quantitative estimate of drug-likeness (QED) is 0.337. The maximum absolute atomic E-state index is 10.1. The second-order valence-electron chi connectivity index (χ2n) is 1.21. The number of rotatable bonds is 0. The molecule has 0 saturated carbocycles. The van der Waals surface area contributed by atoms with E-state index < -0.39 is 0 Å². The third-order valence-corrected chi connectivity index (χ3v) is 0.494. The first-order chi connectivity index (χ1) is 3.66. The van der Waals surface area contributed by atoms with Gasteiger partial charge in [-0.2, -0.15) is 0 Å². The lowest BCUT2D eigenvalue weighted by Gasteiger charge is -1.98. The molecule has 2 N–H and O–H groups in total. The zero-order valence-electron chi connectivity index (χ0n) is 4.82. The second-order valence-corrected chi connectivity index (χ2v) is 1.21. The first-order valence-electron chi connectivity index (χ1n) is 2.07. The van der Waals surface area contributed by atoms with Crippen LogP contribution < -0.4 is 5.32 Å². The zero-order valence-corrected chi connectivity index (χ0v) is 4.82. The van der Waals surface area contributed by atoms with Crippen LogP contribution in [0.15, 0.2) is 0 Å². The van der Waals surface area contributed by atoms with Crippen molar-refractivity contribution in [2.24, 2.45) is 0 Å². The summed E-state index contributed by atoms with van der Waals surface area (Å²) >= 11 is 0. The molecule has 0 aromatic rings. The van der Waals surface area contributed by atoms with Crippen LogP contribution in [-0.2, 0) is 9.53 Å². The smallest absolute Gasteiger partial charge is 0.288 e. The van der Waals surface area contributed by atoms with Crippen molar-refractivity contribution in [2.75, 3.05) is 7.11 Å². The Labute approximate surface area is 47.3 Å². The van der Waals surface area contributed by atoms with Gasteiger partial charge in [0.15, 0.2) is 0 Å². The van der Waals surface area contributed by atoms with E-state index in [4.69, 9.17) is 5.41 Å². The van der Waals surface area contributed by atoms with Gasteiger partial charge in [-0.1, -0.05) is 0 Å². The van der Waals surface area contributed by atoms with E-state index in [-0.39, 0.29) is 11.9 Å². The van der Waals surface area contributed by atoms with Gasteiger partial charge in [-0.3, -0.25) is 15.5 Å². The normalized spacial score (nSPS) is 7.75. The van der Waals surface area contributed by atoms with E-state index >= 15 is 0 Å². The Hall–Kier alpha value is -1.06. The third kappa shape index (κ3) is 3.14. The van der Waals surface area contributed by atoms with Gasteiger partial charge in [-0.25, -0.2) is 0 Å². The molecule has 0 aromatic heterocycles. The second kappa shape index (κ2) is 3.01. The lowest BCUT2D eigenvalue weighted by molar-refractivity contribution is -0.117. The number of carbonyl (C=O) groups excluding carboxylic acids is 1. The molecule has 0 aliphatic heterocycles. The maximum Gasteiger partial charge on any atom is 0.288 e. The summed E-state index contributed by atoms with van der Waals surface area (Å²) in [4.78, 5) is 10.1. The summed E-state index contributed by atoms with van der Waals surface area (Å²) in [6.07, 6.45) is 0. The molecule has 4 heteroatoms. The molecular formula is C4H8N2O2. The molecule has 0 bridgehead atoms. The Kier molecular flexibility index (Phi) is 2.61. The van der Waals surface area contributed by atoms with E-state index in [2.05, 4.69) is 10.1 Å². The molecule has 0 saturated heterocycles. The molecule has 0 atom stereocenters. The van der Waals surface area contributed by atoms with Gasteiger partial charge in [0.05, 0.1) is 7.11 Å². The van der Waals surface area contributed by atoms with E-state index in [0.29, 0.717) is 0 Å². The fourth-order valence-corrected chi connectivity index (χ4v) is 0.211. The van der Waals surface area contributed by atoms with Crippen LogP contribution >= 0.6 is 0 Å². The van der Waals surface area contributed by atoms with Crippen molar-refractivity contribution in [1.29, 1.82) is 5.41 Å². The summed E-state index contributed by atoms with van der Waals surface area (Å²) in [7, 11) is 1.32. The average molecular weight is 116 g/mol. The van der Waals surface area contributed by atoms with Crippen molar-refractivity contribution in [2.45, 2.75) is 6.92 Å². The first-order valence-corrected chi connectivity index (χ1v) is 2.07. The molecule has 0 radical (unpaired) electrons. The number of nitrogens with one attached hydrogen (secondary N) is 2. The summed E-state index contributed by atoms with van der Waals surface area (Å²) in [6.45, 7) is 1.31. The predicted molar refractivity (Wildman–Crippen MR) is 28.6 cm³/mol. The summed E-state index contributed by atoms with van der Waals surface area (Å²) in [5.74, 6) is -0.295. The minimum atomic E-state index is -0.295. The van der Waals surface area contributed by atoms with Crippen molar-refractivity contribution in [3.05, 3.63) is 0 Å². The molecule has 0 unspecified atom stereocenters. The fourth-order valence-electron chi connectivity index (χ4n) is 0.211. The molecule has 0 aromatic carbocycles. The average Bonchev–Trinajstić information content (AvgIpc) is 1.65. The highest BCUT2D eigenvalue weighted by Crippen LogP contribution is 1.65. The zero-order chi connectivity index (χ0) is 6.57. The third-order valence-electron chi connectivity index (χ3n) is 0.494. The molecule has 0 aliphatic carbocycles. The van der Waals surface area contributed by atoms with Crippen molar-refractivity contribution in [3.63, 3.8) is 0 Å².